The average molecular weight is 284 g/mol. The van der Waals surface area contributed by atoms with Gasteiger partial charge in [0, 0.05) is 13.2 Å². The highest BCUT2D eigenvalue weighted by Crippen LogP contribution is 2.09. The molecule has 0 aromatic carbocycles. The molecule has 112 valence electrons. The van der Waals surface area contributed by atoms with Gasteiger partial charge in [-0.15, -0.1) is 0 Å². The van der Waals surface area contributed by atoms with Gasteiger partial charge in [0.15, 0.2) is 0 Å². The maximum Gasteiger partial charge on any atom is 0.351 e. The maximum atomic E-state index is 11.8. The zero-order valence-corrected chi connectivity index (χ0v) is 11.8. The maximum absolute atomic E-state index is 11.8. The SMILES string of the molecule is CNc1ccn(C(C)OC(C)COC(=O)CN)c(=O)n1. The minimum atomic E-state index is -0.521. The van der Waals surface area contributed by atoms with Crippen molar-refractivity contribution in [1.29, 1.82) is 0 Å². The summed E-state index contributed by atoms with van der Waals surface area (Å²) < 4.78 is 11.8. The van der Waals surface area contributed by atoms with Gasteiger partial charge in [-0.2, -0.15) is 4.98 Å². The van der Waals surface area contributed by atoms with Crippen LogP contribution >= 0.6 is 0 Å². The van der Waals surface area contributed by atoms with Crippen LogP contribution in [0.2, 0.25) is 0 Å². The number of carbonyl (C=O) groups is 1. The minimum Gasteiger partial charge on any atom is -0.462 e. The summed E-state index contributed by atoms with van der Waals surface area (Å²) in [6.45, 7) is 3.36. The third-order valence-corrected chi connectivity index (χ3v) is 2.55. The first kappa shape index (κ1) is 16.1. The fraction of sp³-hybridized carbons (Fsp3) is 0.583. The summed E-state index contributed by atoms with van der Waals surface area (Å²) in [5.41, 5.74) is 4.70. The summed E-state index contributed by atoms with van der Waals surface area (Å²) in [7, 11) is 1.68. The second-order valence-corrected chi connectivity index (χ2v) is 4.19. The van der Waals surface area contributed by atoms with Crippen molar-refractivity contribution in [3.05, 3.63) is 22.7 Å². The number of aromatic nitrogens is 2. The Morgan fingerprint density at radius 2 is 2.25 bits per heavy atom. The fourth-order valence-electron chi connectivity index (χ4n) is 1.54. The number of nitrogens with two attached hydrogens (primary N) is 1. The van der Waals surface area contributed by atoms with Crippen molar-refractivity contribution < 1.29 is 14.3 Å². The molecule has 0 spiro atoms. The summed E-state index contributed by atoms with van der Waals surface area (Å²) in [4.78, 5) is 26.5. The third kappa shape index (κ3) is 4.63. The van der Waals surface area contributed by atoms with Crippen LogP contribution in [-0.4, -0.2) is 41.8 Å². The van der Waals surface area contributed by atoms with Crippen LogP contribution in [0.25, 0.3) is 0 Å². The summed E-state index contributed by atoms with van der Waals surface area (Å²) >= 11 is 0. The summed E-state index contributed by atoms with van der Waals surface area (Å²) in [5, 5.41) is 2.78. The molecule has 1 aromatic rings. The molecular formula is C12H20N4O4. The van der Waals surface area contributed by atoms with Gasteiger partial charge in [0.05, 0.1) is 12.6 Å². The molecule has 20 heavy (non-hydrogen) atoms. The molecule has 0 saturated carbocycles. The van der Waals surface area contributed by atoms with Crippen molar-refractivity contribution >= 4 is 11.8 Å². The van der Waals surface area contributed by atoms with E-state index >= 15 is 0 Å². The van der Waals surface area contributed by atoms with E-state index in [0.717, 1.165) is 0 Å². The van der Waals surface area contributed by atoms with E-state index in [1.54, 1.807) is 33.2 Å². The highest BCUT2D eigenvalue weighted by atomic mass is 16.6. The lowest BCUT2D eigenvalue weighted by molar-refractivity contribution is -0.148. The number of nitrogens with one attached hydrogen (secondary N) is 1. The number of ether oxygens (including phenoxy) is 2. The van der Waals surface area contributed by atoms with Crippen LogP contribution in [-0.2, 0) is 14.3 Å². The Balaban J connectivity index is 2.60. The number of hydrogen-bond acceptors (Lipinski definition) is 7. The van der Waals surface area contributed by atoms with Gasteiger partial charge < -0.3 is 20.5 Å². The molecule has 8 heteroatoms. The predicted molar refractivity (Wildman–Crippen MR) is 73.3 cm³/mol. The predicted octanol–water partition coefficient (Wildman–Crippen LogP) is -0.289. The van der Waals surface area contributed by atoms with E-state index in [4.69, 9.17) is 15.2 Å². The molecule has 0 radical (unpaired) electrons. The first-order valence-electron chi connectivity index (χ1n) is 6.26. The largest absolute Gasteiger partial charge is 0.462 e. The van der Waals surface area contributed by atoms with Crippen LogP contribution in [0.1, 0.15) is 20.1 Å². The van der Waals surface area contributed by atoms with E-state index in [1.165, 1.54) is 4.57 Å². The second-order valence-electron chi connectivity index (χ2n) is 4.19. The molecule has 0 fully saturated rings. The third-order valence-electron chi connectivity index (χ3n) is 2.55. The van der Waals surface area contributed by atoms with E-state index in [9.17, 15) is 9.59 Å². The zero-order valence-electron chi connectivity index (χ0n) is 11.8. The Labute approximate surface area is 116 Å². The molecule has 2 atom stereocenters. The van der Waals surface area contributed by atoms with Crippen LogP contribution in [0.5, 0.6) is 0 Å². The van der Waals surface area contributed by atoms with Crippen LogP contribution in [0.4, 0.5) is 5.82 Å². The first-order valence-corrected chi connectivity index (χ1v) is 6.26. The summed E-state index contributed by atoms with van der Waals surface area (Å²) in [6.07, 6.45) is 0.702. The van der Waals surface area contributed by atoms with Crippen molar-refractivity contribution in [3.8, 4) is 0 Å². The Morgan fingerprint density at radius 3 is 2.80 bits per heavy atom. The van der Waals surface area contributed by atoms with Gasteiger partial charge in [0.2, 0.25) is 0 Å². The number of hydrogen-bond donors (Lipinski definition) is 2. The quantitative estimate of drug-likeness (QED) is 0.662. The molecule has 0 saturated heterocycles. The lowest BCUT2D eigenvalue weighted by Gasteiger charge is -2.20. The van der Waals surface area contributed by atoms with Crippen molar-refractivity contribution in [3.63, 3.8) is 0 Å². The lowest BCUT2D eigenvalue weighted by atomic mass is 10.4. The van der Waals surface area contributed by atoms with Crippen molar-refractivity contribution in [2.45, 2.75) is 26.2 Å². The molecule has 1 heterocycles. The Kier molecular flexibility index (Phi) is 6.13. The Morgan fingerprint density at radius 1 is 1.55 bits per heavy atom. The highest BCUT2D eigenvalue weighted by molar-refractivity contribution is 5.71. The standard InChI is InChI=1S/C12H20N4O4/c1-8(7-19-11(17)6-13)20-9(2)16-5-4-10(14-3)15-12(16)18/h4-5,8-9H,6-7,13H2,1-3H3,(H,14,15,18). The van der Waals surface area contributed by atoms with E-state index in [-0.39, 0.29) is 19.3 Å². The highest BCUT2D eigenvalue weighted by Gasteiger charge is 2.13. The molecule has 0 aliphatic heterocycles. The minimum absolute atomic E-state index is 0.0805. The Bertz CT molecular complexity index is 502. The van der Waals surface area contributed by atoms with Crippen molar-refractivity contribution in [1.82, 2.24) is 9.55 Å². The number of esters is 1. The van der Waals surface area contributed by atoms with E-state index in [1.807, 2.05) is 0 Å². The van der Waals surface area contributed by atoms with Gasteiger partial charge in [-0.05, 0) is 19.9 Å². The van der Waals surface area contributed by atoms with E-state index in [2.05, 4.69) is 10.3 Å². The second kappa shape index (κ2) is 7.61. The van der Waals surface area contributed by atoms with Crippen LogP contribution in [0.3, 0.4) is 0 Å². The van der Waals surface area contributed by atoms with Gasteiger partial charge in [0.1, 0.15) is 18.7 Å². The summed E-state index contributed by atoms with van der Waals surface area (Å²) in [5.74, 6) is -0.00585. The number of rotatable bonds is 7. The van der Waals surface area contributed by atoms with E-state index in [0.29, 0.717) is 5.82 Å². The number of carbonyl (C=O) groups excluding carboxylic acids is 1. The van der Waals surface area contributed by atoms with E-state index < -0.39 is 17.9 Å². The molecule has 3 N–H and O–H groups in total. The molecule has 0 bridgehead atoms. The summed E-state index contributed by atoms with van der Waals surface area (Å²) in [6, 6.07) is 1.67. The lowest BCUT2D eigenvalue weighted by Crippen LogP contribution is -2.31. The fourth-order valence-corrected chi connectivity index (χ4v) is 1.54. The van der Waals surface area contributed by atoms with Crippen molar-refractivity contribution in [2.75, 3.05) is 25.5 Å². The van der Waals surface area contributed by atoms with Gasteiger partial charge in [-0.1, -0.05) is 0 Å². The van der Waals surface area contributed by atoms with Crippen LogP contribution in [0.15, 0.2) is 17.1 Å². The molecule has 1 aromatic heterocycles. The van der Waals surface area contributed by atoms with Gasteiger partial charge in [0.25, 0.3) is 0 Å². The molecule has 2 unspecified atom stereocenters. The molecule has 0 amide bonds. The smallest absolute Gasteiger partial charge is 0.351 e. The topological polar surface area (TPSA) is 108 Å². The van der Waals surface area contributed by atoms with Gasteiger partial charge in [-0.25, -0.2) is 4.79 Å². The molecule has 1 rings (SSSR count). The normalized spacial score (nSPS) is 13.6. The zero-order chi connectivity index (χ0) is 15.1. The molecular weight excluding hydrogens is 264 g/mol. The molecule has 0 aliphatic carbocycles. The van der Waals surface area contributed by atoms with Gasteiger partial charge >= 0.3 is 11.7 Å². The number of nitrogens with zero attached hydrogens (tertiary/aromatic N) is 2. The average Bonchev–Trinajstić information content (AvgIpc) is 2.44. The van der Waals surface area contributed by atoms with Crippen LogP contribution in [0, 0.1) is 0 Å². The van der Waals surface area contributed by atoms with Crippen LogP contribution < -0.4 is 16.7 Å². The molecule has 0 aliphatic rings. The van der Waals surface area contributed by atoms with Crippen molar-refractivity contribution in [2.24, 2.45) is 5.73 Å². The molecule has 8 nitrogen and oxygen atoms in total. The first-order chi connectivity index (χ1) is 9.47. The Hall–Kier alpha value is -1.93. The number of anilines is 1. The monoisotopic (exact) mass is 284 g/mol. The van der Waals surface area contributed by atoms with Gasteiger partial charge in [-0.3, -0.25) is 9.36 Å².